The van der Waals surface area contributed by atoms with E-state index in [0.717, 1.165) is 0 Å². The molecule has 1 amide bonds. The molecule has 0 aromatic carbocycles. The van der Waals surface area contributed by atoms with Crippen molar-refractivity contribution >= 4 is 46.0 Å². The summed E-state index contributed by atoms with van der Waals surface area (Å²) in [6.45, 7) is 1.87. The van der Waals surface area contributed by atoms with Gasteiger partial charge in [0.25, 0.3) is 0 Å². The minimum absolute atomic E-state index is 0.101. The van der Waals surface area contributed by atoms with Crippen molar-refractivity contribution in [3.63, 3.8) is 0 Å². The topological polar surface area (TPSA) is 88.8 Å². The first-order valence-corrected chi connectivity index (χ1v) is 7.49. The largest absolute Gasteiger partial charge is 0.459 e. The van der Waals surface area contributed by atoms with Gasteiger partial charge in [0.05, 0.1) is 6.26 Å². The van der Waals surface area contributed by atoms with Gasteiger partial charge in [-0.05, 0) is 31.3 Å². The van der Waals surface area contributed by atoms with Crippen LogP contribution in [0.4, 0.5) is 0 Å². The number of amides is 1. The molecule has 0 saturated heterocycles. The van der Waals surface area contributed by atoms with Crippen LogP contribution in [0.5, 0.6) is 0 Å². The zero-order valence-corrected chi connectivity index (χ0v) is 13.1. The van der Waals surface area contributed by atoms with Crippen LogP contribution in [-0.4, -0.2) is 20.1 Å². The molecule has 0 radical (unpaired) electrons. The van der Waals surface area contributed by atoms with Crippen LogP contribution in [0.3, 0.4) is 0 Å². The van der Waals surface area contributed by atoms with E-state index >= 15 is 0 Å². The van der Waals surface area contributed by atoms with Crippen molar-refractivity contribution in [1.29, 1.82) is 5.41 Å². The van der Waals surface area contributed by atoms with Crippen LogP contribution >= 0.6 is 23.6 Å². The lowest BCUT2D eigenvalue weighted by Crippen LogP contribution is -2.33. The molecule has 9 heteroatoms. The Morgan fingerprint density at radius 2 is 2.41 bits per heavy atom. The minimum atomic E-state index is -0.457. The van der Waals surface area contributed by atoms with Crippen molar-refractivity contribution in [2.45, 2.75) is 6.92 Å². The number of carbonyl (C=O) groups excluding carboxylic acids is 1. The number of rotatable bonds is 3. The lowest BCUT2D eigenvalue weighted by molar-refractivity contribution is 0.0980. The van der Waals surface area contributed by atoms with Gasteiger partial charge < -0.3 is 4.42 Å². The Kier molecular flexibility index (Phi) is 3.73. The number of hydrogen-bond acceptors (Lipinski definition) is 6. The molecule has 22 heavy (non-hydrogen) atoms. The Morgan fingerprint density at radius 3 is 3.09 bits per heavy atom. The molecule has 7 nitrogen and oxygen atoms in total. The van der Waals surface area contributed by atoms with Crippen molar-refractivity contribution < 1.29 is 9.21 Å². The average molecular weight is 333 g/mol. The van der Waals surface area contributed by atoms with E-state index in [0.29, 0.717) is 14.3 Å². The highest BCUT2D eigenvalue weighted by Gasteiger charge is 2.12. The van der Waals surface area contributed by atoms with Gasteiger partial charge in [0, 0.05) is 6.20 Å². The summed E-state index contributed by atoms with van der Waals surface area (Å²) in [5.74, 6) is -0.299. The van der Waals surface area contributed by atoms with E-state index < -0.39 is 5.91 Å². The summed E-state index contributed by atoms with van der Waals surface area (Å²) in [7, 11) is 0. The van der Waals surface area contributed by atoms with Crippen molar-refractivity contribution in [2.75, 3.05) is 5.43 Å². The molecule has 0 aliphatic heterocycles. The smallest absolute Gasteiger partial charge is 0.305 e. The molecule has 3 aromatic rings. The van der Waals surface area contributed by atoms with Gasteiger partial charge in [0.15, 0.2) is 20.8 Å². The van der Waals surface area contributed by atoms with Gasteiger partial charge in [-0.15, -0.1) is 0 Å². The zero-order valence-electron chi connectivity index (χ0n) is 11.4. The molecule has 3 rings (SSSR count). The van der Waals surface area contributed by atoms with Crippen LogP contribution in [0.1, 0.15) is 17.5 Å². The molecule has 0 spiro atoms. The van der Waals surface area contributed by atoms with Crippen molar-refractivity contribution in [2.24, 2.45) is 0 Å². The first-order chi connectivity index (χ1) is 10.6. The Labute approximate surface area is 133 Å². The van der Waals surface area contributed by atoms with Crippen LogP contribution < -0.4 is 10.9 Å². The van der Waals surface area contributed by atoms with Crippen LogP contribution in [0.25, 0.3) is 16.5 Å². The van der Waals surface area contributed by atoms with Gasteiger partial charge in [-0.3, -0.25) is 20.2 Å². The second-order valence-electron chi connectivity index (χ2n) is 4.25. The fourth-order valence-electron chi connectivity index (χ4n) is 1.87. The van der Waals surface area contributed by atoms with Crippen LogP contribution in [0.2, 0.25) is 0 Å². The number of aromatic nitrogens is 3. The van der Waals surface area contributed by atoms with E-state index in [2.05, 4.69) is 10.4 Å². The third-order valence-electron chi connectivity index (χ3n) is 2.83. The maximum atomic E-state index is 12.0. The summed E-state index contributed by atoms with van der Waals surface area (Å²) in [5, 5.41) is 8.20. The third kappa shape index (κ3) is 2.40. The second-order valence-corrected chi connectivity index (χ2v) is 5.90. The minimum Gasteiger partial charge on any atom is -0.459 e. The normalized spacial score (nSPS) is 11.3. The molecule has 0 aliphatic rings. The average Bonchev–Trinajstić information content (AvgIpc) is 3.12. The Morgan fingerprint density at radius 1 is 1.59 bits per heavy atom. The molecule has 0 bridgehead atoms. The summed E-state index contributed by atoms with van der Waals surface area (Å²) < 4.78 is 9.15. The quantitative estimate of drug-likeness (QED) is 0.721. The standard InChI is InChI=1S/C13H11N5O2S2/c1-2-5-17-11-9(22-13(17)21)10(14)18(7-15-11)16-12(19)8-4-3-6-20-8/h2-7,14H,1H3,(H,16,19)/b5-2+,14-10?. The number of allylic oxidation sites excluding steroid dienone is 1. The second kappa shape index (κ2) is 5.70. The highest BCUT2D eigenvalue weighted by Crippen LogP contribution is 2.17. The summed E-state index contributed by atoms with van der Waals surface area (Å²) in [6.07, 6.45) is 6.41. The number of carbonyl (C=O) groups is 1. The maximum absolute atomic E-state index is 12.0. The molecule has 0 saturated carbocycles. The van der Waals surface area contributed by atoms with Crippen molar-refractivity contribution in [1.82, 2.24) is 14.2 Å². The Balaban J connectivity index is 2.06. The lowest BCUT2D eigenvalue weighted by Gasteiger charge is -2.07. The van der Waals surface area contributed by atoms with Crippen LogP contribution in [0, 0.1) is 9.36 Å². The van der Waals surface area contributed by atoms with E-state index in [-0.39, 0.29) is 11.2 Å². The monoisotopic (exact) mass is 333 g/mol. The summed E-state index contributed by atoms with van der Waals surface area (Å²) >= 11 is 6.53. The molecule has 0 fully saturated rings. The van der Waals surface area contributed by atoms with Gasteiger partial charge in [0.1, 0.15) is 11.0 Å². The van der Waals surface area contributed by atoms with E-state index in [9.17, 15) is 4.79 Å². The van der Waals surface area contributed by atoms with Gasteiger partial charge in [-0.1, -0.05) is 17.4 Å². The number of hydrogen-bond donors (Lipinski definition) is 2. The molecule has 0 atom stereocenters. The number of thiazole rings is 1. The molecule has 112 valence electrons. The first kappa shape index (κ1) is 14.4. The number of nitrogens with zero attached hydrogens (tertiary/aromatic N) is 3. The van der Waals surface area contributed by atoms with Crippen LogP contribution in [-0.2, 0) is 0 Å². The Hall–Kier alpha value is -2.52. The van der Waals surface area contributed by atoms with Crippen LogP contribution in [0.15, 0.2) is 35.2 Å². The van der Waals surface area contributed by atoms with Crippen molar-refractivity contribution in [3.05, 3.63) is 46.0 Å². The van der Waals surface area contributed by atoms with E-state index in [1.54, 1.807) is 16.8 Å². The summed E-state index contributed by atoms with van der Waals surface area (Å²) in [4.78, 5) is 16.2. The van der Waals surface area contributed by atoms with Gasteiger partial charge in [-0.2, -0.15) is 0 Å². The highest BCUT2D eigenvalue weighted by atomic mass is 32.1. The maximum Gasteiger partial charge on any atom is 0.305 e. The summed E-state index contributed by atoms with van der Waals surface area (Å²) in [5.41, 5.74) is 3.23. The lowest BCUT2D eigenvalue weighted by atomic mass is 10.4. The van der Waals surface area contributed by atoms with Gasteiger partial charge in [0.2, 0.25) is 0 Å². The van der Waals surface area contributed by atoms with E-state index in [1.165, 1.54) is 34.7 Å². The first-order valence-electron chi connectivity index (χ1n) is 6.26. The van der Waals surface area contributed by atoms with Gasteiger partial charge in [-0.25, -0.2) is 9.66 Å². The number of nitrogens with one attached hydrogen (secondary N) is 2. The fraction of sp³-hybridized carbons (Fsp3) is 0.0769. The van der Waals surface area contributed by atoms with Gasteiger partial charge >= 0.3 is 5.91 Å². The molecular weight excluding hydrogens is 322 g/mol. The van der Waals surface area contributed by atoms with Crippen molar-refractivity contribution in [3.8, 4) is 0 Å². The molecule has 2 N–H and O–H groups in total. The SMILES string of the molecule is C/C=C/n1c(=S)sc2c(=N)n(NC(=O)c3ccco3)cnc21. The third-order valence-corrected chi connectivity index (χ3v) is 4.23. The number of furan rings is 1. The van der Waals surface area contributed by atoms with E-state index in [4.69, 9.17) is 22.0 Å². The molecule has 0 aliphatic carbocycles. The summed E-state index contributed by atoms with van der Waals surface area (Å²) in [6, 6.07) is 3.16. The Bertz CT molecular complexity index is 978. The zero-order chi connectivity index (χ0) is 15.7. The predicted octanol–water partition coefficient (Wildman–Crippen LogP) is 2.58. The molecule has 0 unspecified atom stereocenters. The predicted molar refractivity (Wildman–Crippen MR) is 85.7 cm³/mol. The number of fused-ring (bicyclic) bond motifs is 1. The molecular formula is C13H11N5O2S2. The molecule has 3 aromatic heterocycles. The molecule has 3 heterocycles. The highest BCUT2D eigenvalue weighted by molar-refractivity contribution is 7.73. The fourth-order valence-corrected chi connectivity index (χ4v) is 3.13. The van der Waals surface area contributed by atoms with E-state index in [1.807, 2.05) is 13.0 Å².